The molecule has 0 unspecified atom stereocenters. The van der Waals surface area contributed by atoms with E-state index in [1.807, 2.05) is 18.2 Å². The lowest BCUT2D eigenvalue weighted by Gasteiger charge is -2.26. The Labute approximate surface area is 176 Å². The molecule has 7 heteroatoms. The Morgan fingerprint density at radius 2 is 2.07 bits per heavy atom. The van der Waals surface area contributed by atoms with Gasteiger partial charge in [-0.15, -0.1) is 0 Å². The van der Waals surface area contributed by atoms with E-state index in [2.05, 4.69) is 39.9 Å². The molecule has 1 aromatic carbocycles. The van der Waals surface area contributed by atoms with E-state index in [9.17, 15) is 4.79 Å². The highest BCUT2D eigenvalue weighted by atomic mass is 16.5. The van der Waals surface area contributed by atoms with Gasteiger partial charge < -0.3 is 19.4 Å². The first-order chi connectivity index (χ1) is 14.6. The van der Waals surface area contributed by atoms with Crippen LogP contribution in [0.1, 0.15) is 17.7 Å². The summed E-state index contributed by atoms with van der Waals surface area (Å²) in [6.07, 6.45) is 3.26. The van der Waals surface area contributed by atoms with Crippen molar-refractivity contribution in [1.82, 2.24) is 19.6 Å². The highest BCUT2D eigenvalue weighted by Crippen LogP contribution is 2.36. The molecule has 2 aromatic heterocycles. The molecule has 0 radical (unpaired) electrons. The summed E-state index contributed by atoms with van der Waals surface area (Å²) in [4.78, 5) is 21.3. The fourth-order valence-corrected chi connectivity index (χ4v) is 4.27. The van der Waals surface area contributed by atoms with E-state index in [1.165, 1.54) is 11.3 Å². The number of hydrogen-bond donors (Lipinski definition) is 1. The van der Waals surface area contributed by atoms with Crippen LogP contribution in [0.2, 0.25) is 0 Å². The molecule has 0 atom stereocenters. The standard InChI is InChI=1S/C23H27N5O2/c1-16-6-10-28-19(14-27-9-3-7-24-8-11-27)23(25-21(28)12-16)17-4-5-20-18(13-17)26(2)22(29)15-30-20/h4-6,10,12-13,24H,3,7-9,11,14-15H2,1-2H3. The van der Waals surface area contributed by atoms with Gasteiger partial charge in [-0.25, -0.2) is 4.98 Å². The third kappa shape index (κ3) is 3.44. The van der Waals surface area contributed by atoms with E-state index in [0.717, 1.165) is 67.5 Å². The van der Waals surface area contributed by atoms with Crippen LogP contribution < -0.4 is 15.0 Å². The predicted octanol–water partition coefficient (Wildman–Crippen LogP) is 2.46. The molecular weight excluding hydrogens is 378 g/mol. The zero-order valence-corrected chi connectivity index (χ0v) is 17.5. The number of hydrogen-bond acceptors (Lipinski definition) is 5. The van der Waals surface area contributed by atoms with Gasteiger partial charge in [-0.1, -0.05) is 0 Å². The molecule has 0 saturated carbocycles. The van der Waals surface area contributed by atoms with Crippen LogP contribution in [0.15, 0.2) is 36.5 Å². The molecule has 0 aliphatic carbocycles. The van der Waals surface area contributed by atoms with Gasteiger partial charge in [0, 0.05) is 38.4 Å². The maximum absolute atomic E-state index is 12.1. The Hall–Kier alpha value is -2.90. The Morgan fingerprint density at radius 3 is 2.97 bits per heavy atom. The summed E-state index contributed by atoms with van der Waals surface area (Å²) in [5.74, 6) is 0.697. The molecular formula is C23H27N5O2. The van der Waals surface area contributed by atoms with Crippen molar-refractivity contribution in [2.24, 2.45) is 0 Å². The van der Waals surface area contributed by atoms with Gasteiger partial charge in [0.1, 0.15) is 11.4 Å². The number of nitrogens with one attached hydrogen (secondary N) is 1. The van der Waals surface area contributed by atoms with Crippen molar-refractivity contribution in [2.75, 3.05) is 44.7 Å². The summed E-state index contributed by atoms with van der Waals surface area (Å²) < 4.78 is 7.81. The number of imidazole rings is 1. The topological polar surface area (TPSA) is 62.1 Å². The van der Waals surface area contributed by atoms with Gasteiger partial charge in [0.25, 0.3) is 5.91 Å². The molecule has 7 nitrogen and oxygen atoms in total. The third-order valence-electron chi connectivity index (χ3n) is 6.01. The van der Waals surface area contributed by atoms with Crippen molar-refractivity contribution >= 4 is 17.2 Å². The molecule has 3 aromatic rings. The number of benzene rings is 1. The molecule has 5 rings (SSSR count). The van der Waals surface area contributed by atoms with Crippen LogP contribution in [-0.2, 0) is 11.3 Å². The first-order valence-electron chi connectivity index (χ1n) is 10.5. The summed E-state index contributed by atoms with van der Waals surface area (Å²) >= 11 is 0. The minimum absolute atomic E-state index is 0.0393. The highest BCUT2D eigenvalue weighted by molar-refractivity contribution is 5.98. The second-order valence-corrected chi connectivity index (χ2v) is 8.14. The molecule has 1 N–H and O–H groups in total. The number of carbonyl (C=O) groups excluding carboxylic acids is 1. The van der Waals surface area contributed by atoms with E-state index >= 15 is 0 Å². The minimum atomic E-state index is -0.0393. The van der Waals surface area contributed by atoms with Crippen LogP contribution >= 0.6 is 0 Å². The quantitative estimate of drug-likeness (QED) is 0.725. The summed E-state index contributed by atoms with van der Waals surface area (Å²) in [5.41, 5.74) is 6.08. The van der Waals surface area contributed by atoms with Crippen LogP contribution in [0.5, 0.6) is 5.75 Å². The lowest BCUT2D eigenvalue weighted by molar-refractivity contribution is -0.120. The molecule has 1 amide bonds. The fourth-order valence-electron chi connectivity index (χ4n) is 4.27. The number of pyridine rings is 1. The first-order valence-corrected chi connectivity index (χ1v) is 10.5. The Balaban J connectivity index is 1.60. The molecule has 1 fully saturated rings. The average molecular weight is 406 g/mol. The summed E-state index contributed by atoms with van der Waals surface area (Å²) in [6.45, 7) is 7.18. The maximum atomic E-state index is 12.1. The highest BCUT2D eigenvalue weighted by Gasteiger charge is 2.24. The number of amides is 1. The average Bonchev–Trinajstić information content (AvgIpc) is 2.91. The summed E-state index contributed by atoms with van der Waals surface area (Å²) in [7, 11) is 1.80. The van der Waals surface area contributed by atoms with Crippen LogP contribution in [0, 0.1) is 6.92 Å². The number of carbonyl (C=O) groups is 1. The fraction of sp³-hybridized carbons (Fsp3) is 0.391. The van der Waals surface area contributed by atoms with E-state index in [1.54, 1.807) is 11.9 Å². The summed E-state index contributed by atoms with van der Waals surface area (Å²) in [6, 6.07) is 10.3. The smallest absolute Gasteiger partial charge is 0.264 e. The maximum Gasteiger partial charge on any atom is 0.264 e. The van der Waals surface area contributed by atoms with Crippen LogP contribution in [0.25, 0.3) is 16.9 Å². The molecule has 4 heterocycles. The van der Waals surface area contributed by atoms with Crippen LogP contribution in [-0.4, -0.2) is 60.0 Å². The molecule has 0 spiro atoms. The normalized spacial score (nSPS) is 17.7. The zero-order valence-electron chi connectivity index (χ0n) is 17.5. The number of aromatic nitrogens is 2. The van der Waals surface area contributed by atoms with Crippen molar-refractivity contribution in [3.8, 4) is 17.0 Å². The second kappa shape index (κ2) is 7.74. The van der Waals surface area contributed by atoms with Crippen molar-refractivity contribution in [2.45, 2.75) is 19.9 Å². The van der Waals surface area contributed by atoms with E-state index < -0.39 is 0 Å². The second-order valence-electron chi connectivity index (χ2n) is 8.14. The minimum Gasteiger partial charge on any atom is -0.482 e. The molecule has 2 aliphatic heterocycles. The number of anilines is 1. The van der Waals surface area contributed by atoms with E-state index in [0.29, 0.717) is 0 Å². The van der Waals surface area contributed by atoms with Crippen molar-refractivity contribution in [3.05, 3.63) is 47.8 Å². The van der Waals surface area contributed by atoms with Crippen molar-refractivity contribution in [1.29, 1.82) is 0 Å². The molecule has 0 bridgehead atoms. The Kier molecular flexibility index (Phi) is 4.92. The predicted molar refractivity (Wildman–Crippen MR) is 117 cm³/mol. The van der Waals surface area contributed by atoms with Gasteiger partial charge in [0.05, 0.1) is 17.1 Å². The number of aryl methyl sites for hydroxylation is 1. The number of nitrogens with zero attached hydrogens (tertiary/aromatic N) is 4. The SMILES string of the molecule is Cc1ccn2c(CN3CCCNCC3)c(-c3ccc4c(c3)N(C)C(=O)CO4)nc2c1. The van der Waals surface area contributed by atoms with Gasteiger partial charge in [-0.2, -0.15) is 0 Å². The Bertz CT molecular complexity index is 1100. The largest absolute Gasteiger partial charge is 0.482 e. The number of fused-ring (bicyclic) bond motifs is 2. The van der Waals surface area contributed by atoms with Crippen molar-refractivity contribution in [3.63, 3.8) is 0 Å². The van der Waals surface area contributed by atoms with Gasteiger partial charge >= 0.3 is 0 Å². The molecule has 2 aliphatic rings. The van der Waals surface area contributed by atoms with Gasteiger partial charge in [0.2, 0.25) is 0 Å². The van der Waals surface area contributed by atoms with Gasteiger partial charge in [-0.05, 0) is 62.3 Å². The molecule has 156 valence electrons. The van der Waals surface area contributed by atoms with Crippen molar-refractivity contribution < 1.29 is 9.53 Å². The lowest BCUT2D eigenvalue weighted by atomic mass is 10.1. The number of ether oxygens (including phenoxy) is 1. The van der Waals surface area contributed by atoms with Crippen LogP contribution in [0.4, 0.5) is 5.69 Å². The van der Waals surface area contributed by atoms with Gasteiger partial charge in [-0.3, -0.25) is 9.69 Å². The molecule has 1 saturated heterocycles. The summed E-state index contributed by atoms with van der Waals surface area (Å²) in [5, 5.41) is 3.48. The monoisotopic (exact) mass is 405 g/mol. The number of likely N-dealkylation sites (N-methyl/N-ethyl adjacent to an activating group) is 1. The Morgan fingerprint density at radius 1 is 1.17 bits per heavy atom. The first kappa shape index (κ1) is 19.1. The van der Waals surface area contributed by atoms with E-state index in [-0.39, 0.29) is 12.5 Å². The lowest BCUT2D eigenvalue weighted by Crippen LogP contribution is -2.35. The van der Waals surface area contributed by atoms with Gasteiger partial charge in [0.15, 0.2) is 6.61 Å². The van der Waals surface area contributed by atoms with Crippen LogP contribution in [0.3, 0.4) is 0 Å². The number of rotatable bonds is 3. The molecule has 30 heavy (non-hydrogen) atoms. The third-order valence-corrected chi connectivity index (χ3v) is 6.01. The zero-order chi connectivity index (χ0) is 20.7. The van der Waals surface area contributed by atoms with E-state index in [4.69, 9.17) is 9.72 Å².